The van der Waals surface area contributed by atoms with E-state index in [0.717, 1.165) is 13.8 Å². The molecule has 84 valence electrons. The van der Waals surface area contributed by atoms with Gasteiger partial charge in [-0.25, -0.2) is 0 Å². The first-order chi connectivity index (χ1) is 6.24. The summed E-state index contributed by atoms with van der Waals surface area (Å²) in [5.41, 5.74) is -1.99. The maximum Gasteiger partial charge on any atom is 0.194 e. The van der Waals surface area contributed by atoms with E-state index in [1.807, 2.05) is 0 Å². The molecule has 5 atom stereocenters. The highest BCUT2D eigenvalue weighted by molar-refractivity contribution is 5.02. The molecular weight excluding hydrogens is 192 g/mol. The van der Waals surface area contributed by atoms with Gasteiger partial charge in [0.1, 0.15) is 23.9 Å². The average Bonchev–Trinajstić information content (AvgIpc) is 2.09. The summed E-state index contributed by atoms with van der Waals surface area (Å²) in [6.07, 6.45) is -4.13. The van der Waals surface area contributed by atoms with Gasteiger partial charge in [-0.2, -0.15) is 0 Å². The molecule has 1 rings (SSSR count). The minimum atomic E-state index is -2.01. The summed E-state index contributed by atoms with van der Waals surface area (Å²) >= 11 is 0. The van der Waals surface area contributed by atoms with E-state index in [-0.39, 0.29) is 0 Å². The van der Waals surface area contributed by atoms with E-state index in [0.29, 0.717) is 0 Å². The van der Waals surface area contributed by atoms with Crippen molar-refractivity contribution < 1.29 is 30.3 Å². The molecule has 0 aromatic rings. The molecule has 0 saturated carbocycles. The van der Waals surface area contributed by atoms with Gasteiger partial charge in [-0.1, -0.05) is 0 Å². The van der Waals surface area contributed by atoms with Gasteiger partial charge in [0.25, 0.3) is 0 Å². The van der Waals surface area contributed by atoms with E-state index < -0.39 is 36.3 Å². The molecule has 0 aromatic heterocycles. The number of rotatable bonds is 1. The molecule has 14 heavy (non-hydrogen) atoms. The summed E-state index contributed by atoms with van der Waals surface area (Å²) in [6.45, 7) is 1.75. The van der Waals surface area contributed by atoms with Crippen molar-refractivity contribution in [2.45, 2.75) is 43.5 Å². The van der Waals surface area contributed by atoms with Gasteiger partial charge in [0.05, 0.1) is 6.61 Å². The van der Waals surface area contributed by atoms with Crippen LogP contribution in [0.3, 0.4) is 0 Å². The van der Waals surface area contributed by atoms with Gasteiger partial charge < -0.3 is 30.3 Å². The highest BCUT2D eigenvalue weighted by Crippen LogP contribution is 2.35. The second-order valence-corrected chi connectivity index (χ2v) is 3.90. The van der Waals surface area contributed by atoms with Crippen LogP contribution in [0.1, 0.15) is 13.8 Å². The fourth-order valence-corrected chi connectivity index (χ4v) is 1.44. The topological polar surface area (TPSA) is 110 Å². The van der Waals surface area contributed by atoms with Gasteiger partial charge in [0, 0.05) is 0 Å². The number of ether oxygens (including phenoxy) is 1. The molecule has 0 amide bonds. The Bertz CT molecular complexity index is 214. The first-order valence-electron chi connectivity index (χ1n) is 4.33. The van der Waals surface area contributed by atoms with Crippen LogP contribution in [0.15, 0.2) is 0 Å². The van der Waals surface area contributed by atoms with E-state index in [2.05, 4.69) is 0 Å². The Balaban J connectivity index is 2.95. The zero-order valence-corrected chi connectivity index (χ0v) is 8.08. The number of aliphatic hydroxyl groups is 5. The van der Waals surface area contributed by atoms with Crippen molar-refractivity contribution >= 4 is 0 Å². The van der Waals surface area contributed by atoms with Crippen LogP contribution in [-0.2, 0) is 4.74 Å². The SMILES string of the molecule is CC1(O)OC(CO)C(O)C(O)C1(C)O. The molecule has 5 unspecified atom stereocenters. The Morgan fingerprint density at radius 3 is 2.14 bits per heavy atom. The second-order valence-electron chi connectivity index (χ2n) is 3.90. The van der Waals surface area contributed by atoms with Gasteiger partial charge in [-0.15, -0.1) is 0 Å². The third kappa shape index (κ3) is 1.54. The molecule has 6 nitrogen and oxygen atoms in total. The summed E-state index contributed by atoms with van der Waals surface area (Å²) in [4.78, 5) is 0. The van der Waals surface area contributed by atoms with Crippen LogP contribution < -0.4 is 0 Å². The lowest BCUT2D eigenvalue weighted by atomic mass is 9.82. The Morgan fingerprint density at radius 1 is 1.21 bits per heavy atom. The molecule has 1 aliphatic rings. The van der Waals surface area contributed by atoms with Crippen molar-refractivity contribution in [3.8, 4) is 0 Å². The van der Waals surface area contributed by atoms with Gasteiger partial charge in [-0.3, -0.25) is 0 Å². The normalized spacial score (nSPS) is 54.6. The van der Waals surface area contributed by atoms with E-state index in [4.69, 9.17) is 9.84 Å². The van der Waals surface area contributed by atoms with E-state index in [1.165, 1.54) is 0 Å². The Hall–Kier alpha value is -0.240. The summed E-state index contributed by atoms with van der Waals surface area (Å²) in [6, 6.07) is 0. The van der Waals surface area contributed by atoms with Crippen LogP contribution >= 0.6 is 0 Å². The molecule has 5 N–H and O–H groups in total. The Labute approximate surface area is 81.4 Å². The van der Waals surface area contributed by atoms with Crippen molar-refractivity contribution in [2.24, 2.45) is 0 Å². The van der Waals surface area contributed by atoms with Crippen molar-refractivity contribution in [2.75, 3.05) is 6.61 Å². The van der Waals surface area contributed by atoms with Gasteiger partial charge in [-0.05, 0) is 13.8 Å². The predicted molar refractivity (Wildman–Crippen MR) is 45.2 cm³/mol. The van der Waals surface area contributed by atoms with E-state index in [1.54, 1.807) is 0 Å². The van der Waals surface area contributed by atoms with Crippen LogP contribution in [0.4, 0.5) is 0 Å². The van der Waals surface area contributed by atoms with Crippen LogP contribution in [0.5, 0.6) is 0 Å². The first-order valence-corrected chi connectivity index (χ1v) is 4.33. The number of hydrogen-bond acceptors (Lipinski definition) is 6. The van der Waals surface area contributed by atoms with Crippen LogP contribution in [0.2, 0.25) is 0 Å². The molecule has 0 spiro atoms. The van der Waals surface area contributed by atoms with Crippen molar-refractivity contribution in [3.05, 3.63) is 0 Å². The van der Waals surface area contributed by atoms with Gasteiger partial charge in [0.2, 0.25) is 0 Å². The van der Waals surface area contributed by atoms with Gasteiger partial charge >= 0.3 is 0 Å². The van der Waals surface area contributed by atoms with Crippen LogP contribution in [0.25, 0.3) is 0 Å². The first kappa shape index (κ1) is 11.8. The molecule has 1 aliphatic heterocycles. The Morgan fingerprint density at radius 2 is 1.71 bits per heavy atom. The number of hydrogen-bond donors (Lipinski definition) is 5. The summed E-state index contributed by atoms with van der Waals surface area (Å²) in [5.74, 6) is -2.01. The molecule has 0 aliphatic carbocycles. The number of aliphatic hydroxyl groups excluding tert-OH is 3. The zero-order chi connectivity index (χ0) is 11.1. The fraction of sp³-hybridized carbons (Fsp3) is 1.00. The molecule has 0 aromatic carbocycles. The molecular formula is C8H16O6. The van der Waals surface area contributed by atoms with Crippen molar-refractivity contribution in [3.63, 3.8) is 0 Å². The predicted octanol–water partition coefficient (Wildman–Crippen LogP) is -2.44. The zero-order valence-electron chi connectivity index (χ0n) is 8.08. The summed E-state index contributed by atoms with van der Waals surface area (Å²) < 4.78 is 4.87. The van der Waals surface area contributed by atoms with Crippen molar-refractivity contribution in [1.82, 2.24) is 0 Å². The molecule has 6 heteroatoms. The minimum absolute atomic E-state index is 0.551. The lowest BCUT2D eigenvalue weighted by Gasteiger charge is -2.49. The maximum atomic E-state index is 9.69. The molecule has 1 saturated heterocycles. The van der Waals surface area contributed by atoms with E-state index >= 15 is 0 Å². The quantitative estimate of drug-likeness (QED) is 0.327. The summed E-state index contributed by atoms with van der Waals surface area (Å²) in [5, 5.41) is 47.0. The van der Waals surface area contributed by atoms with E-state index in [9.17, 15) is 20.4 Å². The average molecular weight is 208 g/mol. The third-order valence-corrected chi connectivity index (χ3v) is 2.78. The van der Waals surface area contributed by atoms with Crippen LogP contribution in [0, 0.1) is 0 Å². The maximum absolute atomic E-state index is 9.69. The second kappa shape index (κ2) is 3.41. The van der Waals surface area contributed by atoms with Gasteiger partial charge in [0.15, 0.2) is 5.79 Å². The smallest absolute Gasteiger partial charge is 0.194 e. The summed E-state index contributed by atoms with van der Waals surface area (Å²) in [7, 11) is 0. The minimum Gasteiger partial charge on any atom is -0.394 e. The standard InChI is InChI=1S/C8H16O6/c1-7(12)6(11)5(10)4(3-9)14-8(7,2)13/h4-6,9-13H,3H2,1-2H3. The molecule has 1 heterocycles. The molecule has 1 fully saturated rings. The van der Waals surface area contributed by atoms with Crippen molar-refractivity contribution in [1.29, 1.82) is 0 Å². The molecule has 0 radical (unpaired) electrons. The molecule has 0 bridgehead atoms. The highest BCUT2D eigenvalue weighted by atomic mass is 16.7. The fourth-order valence-electron chi connectivity index (χ4n) is 1.44. The Kier molecular flexibility index (Phi) is 2.88. The monoisotopic (exact) mass is 208 g/mol. The lowest BCUT2D eigenvalue weighted by Crippen LogP contribution is -2.70. The highest BCUT2D eigenvalue weighted by Gasteiger charge is 2.58. The largest absolute Gasteiger partial charge is 0.394 e. The van der Waals surface area contributed by atoms with Crippen LogP contribution in [-0.4, -0.2) is 61.8 Å². The lowest BCUT2D eigenvalue weighted by molar-refractivity contribution is -0.376. The third-order valence-electron chi connectivity index (χ3n) is 2.78.